The van der Waals surface area contributed by atoms with Gasteiger partial charge < -0.3 is 19.1 Å². The van der Waals surface area contributed by atoms with Crippen LogP contribution in [0.5, 0.6) is 5.75 Å². The molecule has 16 heteroatoms. The molecule has 0 N–H and O–H groups in total. The van der Waals surface area contributed by atoms with Crippen molar-refractivity contribution in [3.05, 3.63) is 118 Å². The van der Waals surface area contributed by atoms with E-state index in [-0.39, 0.29) is 12.5 Å². The largest absolute Gasteiger partial charge is 0.493 e. The first-order valence-electron chi connectivity index (χ1n) is 19.3. The Hall–Kier alpha value is -5.55. The maximum atomic E-state index is 14.1. The molecule has 0 radical (unpaired) electrons. The molecule has 4 aromatic heterocycles. The predicted molar refractivity (Wildman–Crippen MR) is 229 cm³/mol. The number of para-hydroxylation sites is 1. The van der Waals surface area contributed by atoms with E-state index in [1.165, 1.54) is 29.0 Å². The summed E-state index contributed by atoms with van der Waals surface area (Å²) in [5, 5.41) is 5.99. The maximum Gasteiger partial charge on any atom is 0.358 e. The van der Waals surface area contributed by atoms with Crippen LogP contribution in [0, 0.1) is 0 Å². The molecule has 298 valence electrons. The van der Waals surface area contributed by atoms with Gasteiger partial charge in [0.25, 0.3) is 5.91 Å². The second-order valence-electron chi connectivity index (χ2n) is 15.1. The fraction of sp³-hybridized carbons (Fsp3) is 0.310. The van der Waals surface area contributed by atoms with Gasteiger partial charge in [-0.05, 0) is 73.0 Å². The Morgan fingerprint density at radius 1 is 0.966 bits per heavy atom. The van der Waals surface area contributed by atoms with Crippen LogP contribution in [-0.4, -0.2) is 75.6 Å². The van der Waals surface area contributed by atoms with Crippen molar-refractivity contribution in [2.45, 2.75) is 58.7 Å². The number of esters is 1. The number of fused-ring (bicyclic) bond motifs is 3. The highest BCUT2D eigenvalue weighted by Gasteiger charge is 2.27. The highest BCUT2D eigenvalue weighted by molar-refractivity contribution is 7.16. The number of rotatable bonds is 14. The van der Waals surface area contributed by atoms with Crippen LogP contribution in [0.2, 0.25) is 25.7 Å². The molecule has 7 aromatic rings. The minimum atomic E-state index is -1.26. The van der Waals surface area contributed by atoms with Crippen molar-refractivity contribution < 1.29 is 23.8 Å². The lowest BCUT2D eigenvalue weighted by Gasteiger charge is -2.29. The van der Waals surface area contributed by atoms with Gasteiger partial charge in [-0.1, -0.05) is 55.2 Å². The van der Waals surface area contributed by atoms with E-state index in [2.05, 4.69) is 45.7 Å². The quantitative estimate of drug-likeness (QED) is 0.0609. The van der Waals surface area contributed by atoms with E-state index >= 15 is 0 Å². The van der Waals surface area contributed by atoms with Crippen molar-refractivity contribution in [3.63, 3.8) is 0 Å². The van der Waals surface area contributed by atoms with Gasteiger partial charge in [-0.2, -0.15) is 10.1 Å². The van der Waals surface area contributed by atoms with Crippen molar-refractivity contribution in [3.8, 4) is 11.4 Å². The molecule has 0 saturated heterocycles. The standard InChI is InChI=1S/C42H44N8O5S2Si/c1-5-54-40(52)37-36(18-20-55-31-15-13-30(14-16-31)50-38-29(24-45-50)23-43-26-44-38)57-41(46-37)48-19-17-28-9-8-10-32(33(28)25-48)39(51)47-42-49(27-53-21-22-58(2,3)4)34-11-6-7-12-35(34)56-42/h6-16,23-24,26H,5,17-22,25,27H2,1-4H3/b47-42-. The third-order valence-corrected chi connectivity index (χ3v) is 13.8. The average Bonchev–Trinajstić information content (AvgIpc) is 3.95. The number of thiazole rings is 2. The minimum Gasteiger partial charge on any atom is -0.493 e. The van der Waals surface area contributed by atoms with Crippen molar-refractivity contribution in [2.24, 2.45) is 4.99 Å². The fourth-order valence-electron chi connectivity index (χ4n) is 6.77. The third-order valence-electron chi connectivity index (χ3n) is 9.84. The van der Waals surface area contributed by atoms with Gasteiger partial charge in [0.2, 0.25) is 0 Å². The van der Waals surface area contributed by atoms with Crippen molar-refractivity contribution >= 4 is 69.0 Å². The van der Waals surface area contributed by atoms with Crippen LogP contribution in [0.1, 0.15) is 43.8 Å². The van der Waals surface area contributed by atoms with Gasteiger partial charge in [0.05, 0.1) is 40.7 Å². The number of amides is 1. The van der Waals surface area contributed by atoms with Crippen LogP contribution in [-0.2, 0) is 35.6 Å². The fourth-order valence-corrected chi connectivity index (χ4v) is 9.60. The Labute approximate surface area is 344 Å². The SMILES string of the molecule is CCOC(=O)c1nc(N2CCc3cccc(C(=O)/N=c4\sc5ccccc5n4COCC[Si](C)(C)C)c3C2)sc1CCOc1ccc(-n2ncc3cncnc32)cc1. The Kier molecular flexibility index (Phi) is 11.6. The highest BCUT2D eigenvalue weighted by atomic mass is 32.1. The lowest BCUT2D eigenvalue weighted by Crippen LogP contribution is -2.31. The molecular weight excluding hydrogens is 789 g/mol. The molecule has 0 saturated carbocycles. The predicted octanol–water partition coefficient (Wildman–Crippen LogP) is 7.70. The summed E-state index contributed by atoms with van der Waals surface area (Å²) in [6, 6.07) is 22.6. The van der Waals surface area contributed by atoms with Gasteiger partial charge in [0.15, 0.2) is 21.3 Å². The summed E-state index contributed by atoms with van der Waals surface area (Å²) in [6.45, 7) is 11.5. The number of hydrogen-bond acceptors (Lipinski definition) is 12. The molecule has 3 aromatic carbocycles. The first-order chi connectivity index (χ1) is 28.1. The molecule has 8 rings (SSSR count). The van der Waals surface area contributed by atoms with Gasteiger partial charge in [-0.3, -0.25) is 9.36 Å². The first kappa shape index (κ1) is 39.3. The number of hydrogen-bond donors (Lipinski definition) is 0. The molecule has 0 fully saturated rings. The Morgan fingerprint density at radius 2 is 1.81 bits per heavy atom. The van der Waals surface area contributed by atoms with Crippen molar-refractivity contribution in [1.82, 2.24) is 29.3 Å². The molecule has 1 aliphatic heterocycles. The molecule has 13 nitrogen and oxygen atoms in total. The Balaban J connectivity index is 0.992. The number of benzene rings is 3. The normalized spacial score (nSPS) is 13.3. The van der Waals surface area contributed by atoms with E-state index in [4.69, 9.17) is 24.2 Å². The smallest absolute Gasteiger partial charge is 0.358 e. The van der Waals surface area contributed by atoms with Gasteiger partial charge in [0, 0.05) is 50.8 Å². The zero-order chi connectivity index (χ0) is 40.2. The Morgan fingerprint density at radius 3 is 2.64 bits per heavy atom. The van der Waals surface area contributed by atoms with E-state index in [0.717, 1.165) is 49.0 Å². The number of ether oxygens (including phenoxy) is 3. The molecule has 0 aliphatic carbocycles. The van der Waals surface area contributed by atoms with E-state index in [0.29, 0.717) is 72.8 Å². The van der Waals surface area contributed by atoms with E-state index in [9.17, 15) is 9.59 Å². The first-order valence-corrected chi connectivity index (χ1v) is 24.6. The van der Waals surface area contributed by atoms with Gasteiger partial charge in [-0.25, -0.2) is 24.4 Å². The second kappa shape index (κ2) is 17.1. The summed E-state index contributed by atoms with van der Waals surface area (Å²) in [5.41, 5.74) is 5.43. The molecule has 5 heterocycles. The van der Waals surface area contributed by atoms with Crippen molar-refractivity contribution in [1.29, 1.82) is 0 Å². The summed E-state index contributed by atoms with van der Waals surface area (Å²) in [4.78, 5) is 48.7. The van der Waals surface area contributed by atoms with Crippen molar-refractivity contribution in [2.75, 3.05) is 31.3 Å². The third kappa shape index (κ3) is 8.64. The summed E-state index contributed by atoms with van der Waals surface area (Å²) in [6.07, 6.45) is 6.14. The van der Waals surface area contributed by atoms with Crippen LogP contribution >= 0.6 is 22.7 Å². The van der Waals surface area contributed by atoms with Gasteiger partial charge >= 0.3 is 5.97 Å². The summed E-state index contributed by atoms with van der Waals surface area (Å²) in [5.74, 6) is -0.0821. The number of aromatic nitrogens is 6. The monoisotopic (exact) mass is 832 g/mol. The lowest BCUT2D eigenvalue weighted by molar-refractivity contribution is 0.0519. The summed E-state index contributed by atoms with van der Waals surface area (Å²) in [7, 11) is -1.26. The number of anilines is 1. The maximum absolute atomic E-state index is 14.1. The summed E-state index contributed by atoms with van der Waals surface area (Å²) >= 11 is 2.94. The van der Waals surface area contributed by atoms with Gasteiger partial charge in [0.1, 0.15) is 18.8 Å². The Bertz CT molecular complexity index is 2660. The van der Waals surface area contributed by atoms with E-state index in [1.807, 2.05) is 65.2 Å². The zero-order valence-electron chi connectivity index (χ0n) is 32.9. The molecule has 0 atom stereocenters. The second-order valence-corrected chi connectivity index (χ2v) is 22.8. The zero-order valence-corrected chi connectivity index (χ0v) is 35.5. The summed E-state index contributed by atoms with van der Waals surface area (Å²) < 4.78 is 22.5. The van der Waals surface area contributed by atoms with Crippen LogP contribution in [0.15, 0.2) is 90.4 Å². The van der Waals surface area contributed by atoms with E-state index in [1.54, 1.807) is 24.0 Å². The van der Waals surface area contributed by atoms with E-state index < -0.39 is 14.0 Å². The van der Waals surface area contributed by atoms with Crippen LogP contribution in [0.25, 0.3) is 26.9 Å². The minimum absolute atomic E-state index is 0.238. The topological polar surface area (TPSA) is 139 Å². The molecule has 1 amide bonds. The molecular formula is C42H44N8O5S2Si. The molecule has 0 unspecified atom stereocenters. The number of nitrogens with zero attached hydrogens (tertiary/aromatic N) is 8. The molecule has 0 bridgehead atoms. The van der Waals surface area contributed by atoms with Crippen LogP contribution < -0.4 is 14.4 Å². The number of carbonyl (C=O) groups excluding carboxylic acids is 2. The van der Waals surface area contributed by atoms with Gasteiger partial charge in [-0.15, -0.1) is 11.3 Å². The molecule has 58 heavy (non-hydrogen) atoms. The average molecular weight is 833 g/mol. The number of carbonyl (C=O) groups is 2. The lowest BCUT2D eigenvalue weighted by atomic mass is 9.95. The van der Waals surface area contributed by atoms with Crippen LogP contribution in [0.3, 0.4) is 0 Å². The molecule has 0 spiro atoms. The highest BCUT2D eigenvalue weighted by Crippen LogP contribution is 2.33. The molecule has 1 aliphatic rings. The van der Waals surface area contributed by atoms with Crippen LogP contribution in [0.4, 0.5) is 5.13 Å².